The van der Waals surface area contributed by atoms with Crippen molar-refractivity contribution < 1.29 is 28.5 Å². The van der Waals surface area contributed by atoms with Crippen LogP contribution >= 0.6 is 0 Å². The molecule has 0 aromatic carbocycles. The second-order valence-electron chi connectivity index (χ2n) is 8.30. The van der Waals surface area contributed by atoms with Crippen LogP contribution in [0.5, 0.6) is 5.75 Å². The van der Waals surface area contributed by atoms with E-state index in [9.17, 15) is 4.79 Å². The van der Waals surface area contributed by atoms with E-state index in [4.69, 9.17) is 23.7 Å². The van der Waals surface area contributed by atoms with Gasteiger partial charge >= 0.3 is 0 Å². The first kappa shape index (κ1) is 28.0. The summed E-state index contributed by atoms with van der Waals surface area (Å²) in [4.78, 5) is 19.4. The van der Waals surface area contributed by atoms with E-state index >= 15 is 0 Å². The Morgan fingerprint density at radius 2 is 1.82 bits per heavy atom. The van der Waals surface area contributed by atoms with Crippen LogP contribution in [-0.4, -0.2) is 75.0 Å². The van der Waals surface area contributed by atoms with E-state index in [1.807, 2.05) is 24.3 Å². The summed E-state index contributed by atoms with van der Waals surface area (Å²) in [6, 6.07) is 3.37. The van der Waals surface area contributed by atoms with Gasteiger partial charge in [0.05, 0.1) is 19.3 Å². The molecular weight excluding hydrogens is 436 g/mol. The van der Waals surface area contributed by atoms with Crippen molar-refractivity contribution in [3.8, 4) is 5.75 Å². The Morgan fingerprint density at radius 3 is 2.50 bits per heavy atom. The molecule has 0 saturated carbocycles. The molecule has 1 fully saturated rings. The Labute approximate surface area is 203 Å². The van der Waals surface area contributed by atoms with Crippen molar-refractivity contribution in [1.82, 2.24) is 9.88 Å². The highest BCUT2D eigenvalue weighted by Crippen LogP contribution is 2.38. The number of ether oxygens (including phenoxy) is 5. The summed E-state index contributed by atoms with van der Waals surface area (Å²) in [7, 11) is 3.10. The average molecular weight is 477 g/mol. The summed E-state index contributed by atoms with van der Waals surface area (Å²) >= 11 is 0. The highest BCUT2D eigenvalue weighted by atomic mass is 16.7. The Hall–Kier alpha value is -2.26. The van der Waals surface area contributed by atoms with Crippen molar-refractivity contribution in [3.63, 3.8) is 0 Å². The summed E-state index contributed by atoms with van der Waals surface area (Å²) in [6.07, 6.45) is 11.7. The second-order valence-corrected chi connectivity index (χ2v) is 8.30. The Bertz CT molecular complexity index is 759. The van der Waals surface area contributed by atoms with Gasteiger partial charge < -0.3 is 28.6 Å². The molecule has 0 unspecified atom stereocenters. The molecule has 8 heteroatoms. The number of aromatic nitrogens is 1. The van der Waals surface area contributed by atoms with Gasteiger partial charge in [0.1, 0.15) is 19.3 Å². The molecule has 0 spiro atoms. The molecule has 0 N–H and O–H groups in total. The molecule has 0 bridgehead atoms. The summed E-state index contributed by atoms with van der Waals surface area (Å²) in [6.45, 7) is 9.20. The third kappa shape index (κ3) is 7.91. The number of carbonyl (C=O) groups is 1. The molecule has 1 aliphatic rings. The van der Waals surface area contributed by atoms with Crippen molar-refractivity contribution in [2.24, 2.45) is 0 Å². The molecule has 1 aromatic rings. The number of hydrogen-bond acceptors (Lipinski definition) is 7. The van der Waals surface area contributed by atoms with Gasteiger partial charge in [-0.05, 0) is 44.6 Å². The molecule has 1 aliphatic heterocycles. The van der Waals surface area contributed by atoms with Gasteiger partial charge in [-0.3, -0.25) is 9.78 Å². The van der Waals surface area contributed by atoms with Gasteiger partial charge in [0, 0.05) is 45.2 Å². The Kier molecular flexibility index (Phi) is 12.8. The molecule has 8 nitrogen and oxygen atoms in total. The number of likely N-dealkylation sites (tertiary alicyclic amines) is 1. The van der Waals surface area contributed by atoms with Crippen LogP contribution in [0, 0.1) is 0 Å². The number of pyridine rings is 1. The summed E-state index contributed by atoms with van der Waals surface area (Å²) in [5.41, 5.74) is -0.424. The number of nitrogens with zero attached hydrogens (tertiary/aromatic N) is 2. The smallest absolute Gasteiger partial charge is 0.259 e. The van der Waals surface area contributed by atoms with Crippen molar-refractivity contribution in [3.05, 3.63) is 49.3 Å². The summed E-state index contributed by atoms with van der Waals surface area (Å²) in [5, 5.41) is 0. The zero-order valence-corrected chi connectivity index (χ0v) is 20.7. The SMILES string of the molecule is C=CCCCCOC[C@@H]1N(COC)C(=O)[C@]1(Cc1cc(OCCCCC=C)ccn1)OCOC. The number of hydrogen-bond donors (Lipinski definition) is 0. The normalized spacial score (nSPS) is 19.6. The predicted octanol–water partition coefficient (Wildman–Crippen LogP) is 3.91. The quantitative estimate of drug-likeness (QED) is 0.122. The highest BCUT2D eigenvalue weighted by molar-refractivity contribution is 5.93. The third-order valence-corrected chi connectivity index (χ3v) is 5.77. The van der Waals surface area contributed by atoms with Crippen molar-refractivity contribution in [2.75, 3.05) is 47.6 Å². The van der Waals surface area contributed by atoms with Crippen LogP contribution in [0.2, 0.25) is 0 Å². The first-order chi connectivity index (χ1) is 16.6. The van der Waals surface area contributed by atoms with Crippen molar-refractivity contribution >= 4 is 5.91 Å². The van der Waals surface area contributed by atoms with E-state index in [1.54, 1.807) is 18.2 Å². The maximum absolute atomic E-state index is 13.3. The van der Waals surface area contributed by atoms with Crippen LogP contribution in [0.15, 0.2) is 43.6 Å². The zero-order chi connectivity index (χ0) is 24.7. The molecule has 2 heterocycles. The molecular formula is C26H40N2O6. The number of β-lactam (4-membered cyclic amide) rings is 1. The molecule has 34 heavy (non-hydrogen) atoms. The molecule has 1 amide bonds. The highest BCUT2D eigenvalue weighted by Gasteiger charge is 2.62. The lowest BCUT2D eigenvalue weighted by Gasteiger charge is -2.54. The van der Waals surface area contributed by atoms with E-state index in [0.29, 0.717) is 25.5 Å². The van der Waals surface area contributed by atoms with Gasteiger partial charge in [-0.1, -0.05) is 12.2 Å². The largest absolute Gasteiger partial charge is 0.493 e. The van der Waals surface area contributed by atoms with E-state index in [-0.39, 0.29) is 31.9 Å². The number of carbonyl (C=O) groups excluding carboxylic acids is 1. The number of methoxy groups -OCH3 is 2. The van der Waals surface area contributed by atoms with E-state index < -0.39 is 5.60 Å². The first-order valence-corrected chi connectivity index (χ1v) is 11.9. The van der Waals surface area contributed by atoms with Crippen LogP contribution in [0.1, 0.15) is 44.2 Å². The number of unbranched alkanes of at least 4 members (excludes halogenated alkanes) is 4. The number of amides is 1. The van der Waals surface area contributed by atoms with Gasteiger partial charge in [-0.15, -0.1) is 13.2 Å². The number of allylic oxidation sites excluding steroid dienone is 2. The standard InChI is InChI=1S/C26H40N2O6/c1-5-7-9-11-15-32-19-24-26(34-21-31-4,25(29)28(24)20-30-3)18-22-17-23(13-14-27-22)33-16-12-10-8-6-2/h5-6,13-14,17,24H,1-2,7-12,15-16,18-21H2,3-4H3/t24-,26+/m0/s1. The van der Waals surface area contributed by atoms with Gasteiger partial charge in [0.2, 0.25) is 0 Å². The van der Waals surface area contributed by atoms with E-state index in [2.05, 4.69) is 18.1 Å². The lowest BCUT2D eigenvalue weighted by molar-refractivity contribution is -0.239. The summed E-state index contributed by atoms with van der Waals surface area (Å²) in [5.74, 6) is 0.560. The van der Waals surface area contributed by atoms with Gasteiger partial charge in [0.25, 0.3) is 5.91 Å². The second kappa shape index (κ2) is 15.6. The molecule has 2 rings (SSSR count). The van der Waals surface area contributed by atoms with E-state index in [0.717, 1.165) is 44.3 Å². The minimum absolute atomic E-state index is 0.0120. The van der Waals surface area contributed by atoms with Crippen LogP contribution in [0.4, 0.5) is 0 Å². The molecule has 0 radical (unpaired) electrons. The first-order valence-electron chi connectivity index (χ1n) is 11.9. The fourth-order valence-electron chi connectivity index (χ4n) is 3.97. The Balaban J connectivity index is 2.09. The fraction of sp³-hybridized carbons (Fsp3) is 0.615. The van der Waals surface area contributed by atoms with Crippen molar-refractivity contribution in [2.45, 2.75) is 56.6 Å². The van der Waals surface area contributed by atoms with Crippen molar-refractivity contribution in [1.29, 1.82) is 0 Å². The third-order valence-electron chi connectivity index (χ3n) is 5.77. The maximum Gasteiger partial charge on any atom is 0.259 e. The maximum atomic E-state index is 13.3. The van der Waals surface area contributed by atoms with E-state index in [1.165, 1.54) is 7.11 Å². The zero-order valence-electron chi connectivity index (χ0n) is 20.7. The molecule has 2 atom stereocenters. The van der Waals surface area contributed by atoms with Gasteiger partial charge in [0.15, 0.2) is 5.60 Å². The minimum Gasteiger partial charge on any atom is -0.493 e. The predicted molar refractivity (Wildman–Crippen MR) is 131 cm³/mol. The monoisotopic (exact) mass is 476 g/mol. The van der Waals surface area contributed by atoms with Crippen LogP contribution in [0.3, 0.4) is 0 Å². The van der Waals surface area contributed by atoms with Crippen LogP contribution < -0.4 is 4.74 Å². The lowest BCUT2D eigenvalue weighted by Crippen LogP contribution is -2.77. The molecule has 190 valence electrons. The molecule has 0 aliphatic carbocycles. The van der Waals surface area contributed by atoms with Crippen LogP contribution in [0.25, 0.3) is 0 Å². The summed E-state index contributed by atoms with van der Waals surface area (Å²) < 4.78 is 28.3. The minimum atomic E-state index is -1.13. The van der Waals surface area contributed by atoms with Gasteiger partial charge in [-0.25, -0.2) is 0 Å². The Morgan fingerprint density at radius 1 is 1.09 bits per heavy atom. The lowest BCUT2D eigenvalue weighted by atomic mass is 9.78. The molecule has 1 saturated heterocycles. The fourth-order valence-corrected chi connectivity index (χ4v) is 3.97. The topological polar surface area (TPSA) is 79.4 Å². The molecule has 1 aromatic heterocycles. The number of rotatable bonds is 20. The van der Waals surface area contributed by atoms with Gasteiger partial charge in [-0.2, -0.15) is 0 Å². The average Bonchev–Trinajstić information content (AvgIpc) is 2.85. The van der Waals surface area contributed by atoms with Crippen LogP contribution in [-0.2, 0) is 30.2 Å².